The molecule has 1 aromatic carbocycles. The second kappa shape index (κ2) is 4.19. The molecule has 15 heavy (non-hydrogen) atoms. The standard InChI is InChI=1S/C12H16N2S/c1-9-4-5-10(12(13)15)11(8-9)14-6-2-3-7-14/h4-5,8H,2-3,6-7H2,1H3,(H2,13,15). The number of nitrogens with two attached hydrogens (primary N) is 1. The molecule has 0 unspecified atom stereocenters. The topological polar surface area (TPSA) is 29.3 Å². The summed E-state index contributed by atoms with van der Waals surface area (Å²) in [5.41, 5.74) is 9.22. The summed E-state index contributed by atoms with van der Waals surface area (Å²) >= 11 is 5.08. The van der Waals surface area contributed by atoms with Crippen LogP contribution in [0.1, 0.15) is 24.0 Å². The molecular formula is C12H16N2S. The zero-order valence-electron chi connectivity index (χ0n) is 8.99. The fraction of sp³-hybridized carbons (Fsp3) is 0.417. The predicted octanol–water partition coefficient (Wildman–Crippen LogP) is 2.23. The number of anilines is 1. The zero-order valence-corrected chi connectivity index (χ0v) is 9.81. The number of hydrogen-bond acceptors (Lipinski definition) is 2. The first-order valence-electron chi connectivity index (χ1n) is 5.34. The van der Waals surface area contributed by atoms with Crippen LogP contribution in [0.25, 0.3) is 0 Å². The molecular weight excluding hydrogens is 204 g/mol. The highest BCUT2D eigenvalue weighted by molar-refractivity contribution is 7.80. The van der Waals surface area contributed by atoms with Gasteiger partial charge in [0, 0.05) is 24.3 Å². The van der Waals surface area contributed by atoms with Crippen molar-refractivity contribution in [2.45, 2.75) is 19.8 Å². The van der Waals surface area contributed by atoms with E-state index in [2.05, 4.69) is 24.0 Å². The molecule has 0 atom stereocenters. The van der Waals surface area contributed by atoms with Gasteiger partial charge >= 0.3 is 0 Å². The Morgan fingerprint density at radius 2 is 2.00 bits per heavy atom. The Morgan fingerprint density at radius 1 is 1.33 bits per heavy atom. The van der Waals surface area contributed by atoms with Crippen molar-refractivity contribution in [3.8, 4) is 0 Å². The Kier molecular flexibility index (Phi) is 2.91. The van der Waals surface area contributed by atoms with Crippen molar-refractivity contribution in [3.63, 3.8) is 0 Å². The maximum absolute atomic E-state index is 5.74. The van der Waals surface area contributed by atoms with E-state index < -0.39 is 0 Å². The molecule has 0 saturated carbocycles. The summed E-state index contributed by atoms with van der Waals surface area (Å²) in [7, 11) is 0. The number of benzene rings is 1. The molecule has 2 N–H and O–H groups in total. The van der Waals surface area contributed by atoms with Crippen LogP contribution in [-0.4, -0.2) is 18.1 Å². The van der Waals surface area contributed by atoms with E-state index in [4.69, 9.17) is 18.0 Å². The Bertz CT molecular complexity index is 381. The number of rotatable bonds is 2. The van der Waals surface area contributed by atoms with E-state index in [1.807, 2.05) is 6.07 Å². The van der Waals surface area contributed by atoms with Gasteiger partial charge in [0.25, 0.3) is 0 Å². The van der Waals surface area contributed by atoms with Crippen molar-refractivity contribution in [2.24, 2.45) is 5.73 Å². The van der Waals surface area contributed by atoms with E-state index in [-0.39, 0.29) is 0 Å². The van der Waals surface area contributed by atoms with Gasteiger partial charge in [-0.15, -0.1) is 0 Å². The van der Waals surface area contributed by atoms with Crippen LogP contribution < -0.4 is 10.6 Å². The minimum atomic E-state index is 0.497. The molecule has 1 fully saturated rings. The molecule has 1 saturated heterocycles. The Labute approximate surface area is 96.1 Å². The lowest BCUT2D eigenvalue weighted by Gasteiger charge is -2.21. The van der Waals surface area contributed by atoms with Crippen LogP contribution in [0.4, 0.5) is 5.69 Å². The molecule has 2 nitrogen and oxygen atoms in total. The number of nitrogens with zero attached hydrogens (tertiary/aromatic N) is 1. The quantitative estimate of drug-likeness (QED) is 0.775. The molecule has 0 aromatic heterocycles. The van der Waals surface area contributed by atoms with Crippen molar-refractivity contribution < 1.29 is 0 Å². The average Bonchev–Trinajstić information content (AvgIpc) is 2.69. The minimum absolute atomic E-state index is 0.497. The predicted molar refractivity (Wildman–Crippen MR) is 68.5 cm³/mol. The van der Waals surface area contributed by atoms with Crippen LogP contribution in [0.15, 0.2) is 18.2 Å². The monoisotopic (exact) mass is 220 g/mol. The van der Waals surface area contributed by atoms with Crippen LogP contribution in [0, 0.1) is 6.92 Å². The molecule has 1 aliphatic heterocycles. The van der Waals surface area contributed by atoms with Gasteiger partial charge in [0.05, 0.1) is 0 Å². The Morgan fingerprint density at radius 3 is 2.60 bits per heavy atom. The van der Waals surface area contributed by atoms with Crippen molar-refractivity contribution in [1.82, 2.24) is 0 Å². The fourth-order valence-corrected chi connectivity index (χ4v) is 2.24. The first kappa shape index (κ1) is 10.4. The largest absolute Gasteiger partial charge is 0.389 e. The third-order valence-electron chi connectivity index (χ3n) is 2.87. The van der Waals surface area contributed by atoms with Gasteiger partial charge in [-0.1, -0.05) is 18.3 Å². The molecule has 0 amide bonds. The average molecular weight is 220 g/mol. The maximum Gasteiger partial charge on any atom is 0.106 e. The minimum Gasteiger partial charge on any atom is -0.389 e. The normalized spacial score (nSPS) is 15.7. The van der Waals surface area contributed by atoms with Crippen LogP contribution in [-0.2, 0) is 0 Å². The first-order chi connectivity index (χ1) is 7.18. The maximum atomic E-state index is 5.74. The van der Waals surface area contributed by atoms with Gasteiger partial charge < -0.3 is 10.6 Å². The molecule has 2 rings (SSSR count). The van der Waals surface area contributed by atoms with E-state index in [1.165, 1.54) is 24.1 Å². The van der Waals surface area contributed by atoms with Gasteiger partial charge in [0.2, 0.25) is 0 Å². The van der Waals surface area contributed by atoms with E-state index >= 15 is 0 Å². The highest BCUT2D eigenvalue weighted by Gasteiger charge is 2.16. The summed E-state index contributed by atoms with van der Waals surface area (Å²) in [5, 5.41) is 0. The molecule has 3 heteroatoms. The second-order valence-corrected chi connectivity index (χ2v) is 4.52. The van der Waals surface area contributed by atoms with Crippen LogP contribution in [0.3, 0.4) is 0 Å². The second-order valence-electron chi connectivity index (χ2n) is 4.08. The molecule has 0 aliphatic carbocycles. The van der Waals surface area contributed by atoms with Gasteiger partial charge in [-0.25, -0.2) is 0 Å². The van der Waals surface area contributed by atoms with Crippen molar-refractivity contribution in [2.75, 3.05) is 18.0 Å². The van der Waals surface area contributed by atoms with Gasteiger partial charge in [-0.05, 0) is 37.5 Å². The third-order valence-corrected chi connectivity index (χ3v) is 3.09. The highest BCUT2D eigenvalue weighted by Crippen LogP contribution is 2.25. The zero-order chi connectivity index (χ0) is 10.8. The summed E-state index contributed by atoms with van der Waals surface area (Å²) in [6.45, 7) is 4.35. The lowest BCUT2D eigenvalue weighted by Crippen LogP contribution is -2.22. The lowest BCUT2D eigenvalue weighted by molar-refractivity contribution is 0.949. The molecule has 0 radical (unpaired) electrons. The van der Waals surface area contributed by atoms with Crippen molar-refractivity contribution in [3.05, 3.63) is 29.3 Å². The number of hydrogen-bond donors (Lipinski definition) is 1. The molecule has 0 bridgehead atoms. The van der Waals surface area contributed by atoms with E-state index in [9.17, 15) is 0 Å². The SMILES string of the molecule is Cc1ccc(C(N)=S)c(N2CCCC2)c1. The molecule has 1 heterocycles. The smallest absolute Gasteiger partial charge is 0.106 e. The van der Waals surface area contributed by atoms with Gasteiger partial charge in [-0.2, -0.15) is 0 Å². The van der Waals surface area contributed by atoms with Crippen molar-refractivity contribution in [1.29, 1.82) is 0 Å². The highest BCUT2D eigenvalue weighted by atomic mass is 32.1. The number of aryl methyl sites for hydroxylation is 1. The van der Waals surface area contributed by atoms with Gasteiger partial charge in [0.1, 0.15) is 4.99 Å². The van der Waals surface area contributed by atoms with Crippen LogP contribution in [0.5, 0.6) is 0 Å². The Balaban J connectivity index is 2.41. The number of thiocarbonyl (C=S) groups is 1. The summed E-state index contributed by atoms with van der Waals surface area (Å²) in [6, 6.07) is 6.28. The fourth-order valence-electron chi connectivity index (χ4n) is 2.07. The third kappa shape index (κ3) is 2.12. The summed E-state index contributed by atoms with van der Waals surface area (Å²) < 4.78 is 0. The first-order valence-corrected chi connectivity index (χ1v) is 5.75. The summed E-state index contributed by atoms with van der Waals surface area (Å²) in [5.74, 6) is 0. The molecule has 80 valence electrons. The lowest BCUT2D eigenvalue weighted by atomic mass is 10.1. The molecule has 0 spiro atoms. The summed E-state index contributed by atoms with van der Waals surface area (Å²) in [4.78, 5) is 2.87. The molecule has 1 aliphatic rings. The van der Waals surface area contributed by atoms with Gasteiger partial charge in [-0.3, -0.25) is 0 Å². The van der Waals surface area contributed by atoms with E-state index in [0.29, 0.717) is 4.99 Å². The van der Waals surface area contributed by atoms with Crippen LogP contribution in [0.2, 0.25) is 0 Å². The van der Waals surface area contributed by atoms with Crippen molar-refractivity contribution >= 4 is 22.9 Å². The van der Waals surface area contributed by atoms with Crippen LogP contribution >= 0.6 is 12.2 Å². The van der Waals surface area contributed by atoms with Gasteiger partial charge in [0.15, 0.2) is 0 Å². The molecule has 1 aromatic rings. The van der Waals surface area contributed by atoms with E-state index in [0.717, 1.165) is 18.7 Å². The van der Waals surface area contributed by atoms with E-state index in [1.54, 1.807) is 0 Å². The summed E-state index contributed by atoms with van der Waals surface area (Å²) in [6.07, 6.45) is 2.54. The Hall–Kier alpha value is -1.09.